The zero-order valence-electron chi connectivity index (χ0n) is 9.70. The molecule has 3 N–H and O–H groups in total. The van der Waals surface area contributed by atoms with Crippen molar-refractivity contribution in [1.82, 2.24) is 4.90 Å². The Hall–Kier alpha value is -0.610. The Morgan fingerprint density at radius 1 is 1.53 bits per heavy atom. The summed E-state index contributed by atoms with van der Waals surface area (Å²) in [5.41, 5.74) is 5.31. The summed E-state index contributed by atoms with van der Waals surface area (Å²) in [6.45, 7) is 5.54. The number of hydrogen-bond donors (Lipinski definition) is 2. The highest BCUT2D eigenvalue weighted by Crippen LogP contribution is 2.29. The number of rotatable bonds is 4. The summed E-state index contributed by atoms with van der Waals surface area (Å²) in [7, 11) is 0. The average molecular weight is 214 g/mol. The third-order valence-corrected chi connectivity index (χ3v) is 3.65. The van der Waals surface area contributed by atoms with E-state index in [1.165, 1.54) is 0 Å². The molecule has 1 aliphatic rings. The average Bonchev–Trinajstić information content (AvgIpc) is 2.68. The van der Waals surface area contributed by atoms with Gasteiger partial charge in [-0.15, -0.1) is 0 Å². The largest absolute Gasteiger partial charge is 0.391 e. The van der Waals surface area contributed by atoms with Crippen molar-refractivity contribution in [3.05, 3.63) is 0 Å². The van der Waals surface area contributed by atoms with E-state index in [1.54, 1.807) is 4.90 Å². The molecule has 88 valence electrons. The zero-order valence-corrected chi connectivity index (χ0v) is 9.70. The highest BCUT2D eigenvalue weighted by molar-refractivity contribution is 5.83. The van der Waals surface area contributed by atoms with Crippen molar-refractivity contribution in [2.45, 2.75) is 39.2 Å². The van der Waals surface area contributed by atoms with Gasteiger partial charge in [0.1, 0.15) is 0 Å². The molecule has 15 heavy (non-hydrogen) atoms. The highest BCUT2D eigenvalue weighted by atomic mass is 16.3. The second-order valence-corrected chi connectivity index (χ2v) is 4.39. The van der Waals surface area contributed by atoms with E-state index in [-0.39, 0.29) is 12.0 Å². The molecule has 0 aliphatic carbocycles. The molecule has 0 unspecified atom stereocenters. The first kappa shape index (κ1) is 12.5. The number of aliphatic hydroxyl groups excluding tert-OH is 1. The van der Waals surface area contributed by atoms with Crippen molar-refractivity contribution in [3.8, 4) is 0 Å². The standard InChI is InChI=1S/C11H22N2O2/c1-3-11(4-2,8-12)10(15)13-6-5-9(14)7-13/h9,14H,3-8,12H2,1-2H3/t9-/m0/s1. The minimum Gasteiger partial charge on any atom is -0.391 e. The van der Waals surface area contributed by atoms with Gasteiger partial charge in [-0.25, -0.2) is 0 Å². The van der Waals surface area contributed by atoms with Gasteiger partial charge in [0.2, 0.25) is 5.91 Å². The second kappa shape index (κ2) is 4.94. The summed E-state index contributed by atoms with van der Waals surface area (Å²) in [5.74, 6) is 0.117. The van der Waals surface area contributed by atoms with Crippen LogP contribution in [0.5, 0.6) is 0 Å². The maximum Gasteiger partial charge on any atom is 0.230 e. The molecule has 0 saturated carbocycles. The molecule has 0 spiro atoms. The summed E-state index contributed by atoms with van der Waals surface area (Å²) in [6, 6.07) is 0. The molecule has 0 aromatic carbocycles. The van der Waals surface area contributed by atoms with Crippen LogP contribution in [0.25, 0.3) is 0 Å². The van der Waals surface area contributed by atoms with Crippen molar-refractivity contribution in [1.29, 1.82) is 0 Å². The smallest absolute Gasteiger partial charge is 0.230 e. The minimum absolute atomic E-state index is 0.117. The van der Waals surface area contributed by atoms with Gasteiger partial charge in [-0.05, 0) is 19.3 Å². The van der Waals surface area contributed by atoms with Crippen LogP contribution in [0.15, 0.2) is 0 Å². The number of likely N-dealkylation sites (tertiary alicyclic amines) is 1. The third kappa shape index (κ3) is 2.32. The Labute approximate surface area is 91.4 Å². The molecule has 1 atom stereocenters. The van der Waals surface area contributed by atoms with Gasteiger partial charge in [-0.3, -0.25) is 4.79 Å². The summed E-state index contributed by atoms with van der Waals surface area (Å²) >= 11 is 0. The Kier molecular flexibility index (Phi) is 4.11. The van der Waals surface area contributed by atoms with Gasteiger partial charge in [0.25, 0.3) is 0 Å². The van der Waals surface area contributed by atoms with Gasteiger partial charge in [-0.2, -0.15) is 0 Å². The van der Waals surface area contributed by atoms with E-state index in [0.717, 1.165) is 12.8 Å². The molecule has 0 radical (unpaired) electrons. The fourth-order valence-corrected chi connectivity index (χ4v) is 2.19. The van der Waals surface area contributed by atoms with Crippen LogP contribution in [-0.2, 0) is 4.79 Å². The van der Waals surface area contributed by atoms with Crippen molar-refractivity contribution < 1.29 is 9.90 Å². The van der Waals surface area contributed by atoms with Gasteiger partial charge >= 0.3 is 0 Å². The first-order valence-corrected chi connectivity index (χ1v) is 5.77. The number of nitrogens with two attached hydrogens (primary N) is 1. The predicted octanol–water partition coefficient (Wildman–Crippen LogP) is 0.345. The fraction of sp³-hybridized carbons (Fsp3) is 0.909. The SMILES string of the molecule is CCC(CC)(CN)C(=O)N1CC[C@H](O)C1. The van der Waals surface area contributed by atoms with Crippen molar-refractivity contribution in [3.63, 3.8) is 0 Å². The molecule has 1 heterocycles. The van der Waals surface area contributed by atoms with Crippen LogP contribution in [0.4, 0.5) is 0 Å². The molecule has 1 saturated heterocycles. The van der Waals surface area contributed by atoms with E-state index >= 15 is 0 Å². The molecular weight excluding hydrogens is 192 g/mol. The summed E-state index contributed by atoms with van der Waals surface area (Å²) in [6.07, 6.45) is 1.88. The van der Waals surface area contributed by atoms with Crippen LogP contribution in [0.1, 0.15) is 33.1 Å². The Bertz CT molecular complexity index is 218. The van der Waals surface area contributed by atoms with E-state index in [4.69, 9.17) is 5.73 Å². The first-order valence-electron chi connectivity index (χ1n) is 5.77. The van der Waals surface area contributed by atoms with E-state index in [0.29, 0.717) is 26.1 Å². The summed E-state index contributed by atoms with van der Waals surface area (Å²) in [5, 5.41) is 9.41. The fourth-order valence-electron chi connectivity index (χ4n) is 2.19. The summed E-state index contributed by atoms with van der Waals surface area (Å²) < 4.78 is 0. The number of carbonyl (C=O) groups is 1. The maximum atomic E-state index is 12.2. The zero-order chi connectivity index (χ0) is 11.5. The lowest BCUT2D eigenvalue weighted by Crippen LogP contribution is -2.47. The third-order valence-electron chi connectivity index (χ3n) is 3.65. The lowest BCUT2D eigenvalue weighted by atomic mass is 9.81. The van der Waals surface area contributed by atoms with Crippen LogP contribution in [0.3, 0.4) is 0 Å². The normalized spacial score (nSPS) is 22.1. The van der Waals surface area contributed by atoms with Gasteiger partial charge in [0, 0.05) is 19.6 Å². The molecule has 4 heteroatoms. The van der Waals surface area contributed by atoms with E-state index in [2.05, 4.69) is 0 Å². The van der Waals surface area contributed by atoms with Gasteiger partial charge in [0.05, 0.1) is 11.5 Å². The van der Waals surface area contributed by atoms with E-state index < -0.39 is 5.41 Å². The topological polar surface area (TPSA) is 66.6 Å². The molecule has 1 aliphatic heterocycles. The van der Waals surface area contributed by atoms with Crippen LogP contribution in [-0.4, -0.2) is 41.7 Å². The van der Waals surface area contributed by atoms with Crippen LogP contribution in [0.2, 0.25) is 0 Å². The lowest BCUT2D eigenvalue weighted by molar-refractivity contribution is -0.141. The molecule has 0 aromatic heterocycles. The maximum absolute atomic E-state index is 12.2. The predicted molar refractivity (Wildman–Crippen MR) is 59.3 cm³/mol. The van der Waals surface area contributed by atoms with Crippen LogP contribution >= 0.6 is 0 Å². The van der Waals surface area contributed by atoms with Crippen LogP contribution < -0.4 is 5.73 Å². The molecule has 0 bridgehead atoms. The van der Waals surface area contributed by atoms with Crippen molar-refractivity contribution >= 4 is 5.91 Å². The first-order chi connectivity index (χ1) is 7.09. The Morgan fingerprint density at radius 3 is 2.47 bits per heavy atom. The van der Waals surface area contributed by atoms with Crippen molar-refractivity contribution in [2.75, 3.05) is 19.6 Å². The molecule has 4 nitrogen and oxygen atoms in total. The van der Waals surface area contributed by atoms with E-state index in [9.17, 15) is 9.90 Å². The van der Waals surface area contributed by atoms with Gasteiger partial charge < -0.3 is 15.7 Å². The molecule has 0 aromatic rings. The summed E-state index contributed by atoms with van der Waals surface area (Å²) in [4.78, 5) is 14.0. The van der Waals surface area contributed by atoms with Crippen molar-refractivity contribution in [2.24, 2.45) is 11.1 Å². The van der Waals surface area contributed by atoms with Gasteiger partial charge in [-0.1, -0.05) is 13.8 Å². The second-order valence-electron chi connectivity index (χ2n) is 4.39. The molecule has 1 amide bonds. The lowest BCUT2D eigenvalue weighted by Gasteiger charge is -2.33. The Balaban J connectivity index is 2.72. The number of aliphatic hydroxyl groups is 1. The number of amides is 1. The monoisotopic (exact) mass is 214 g/mol. The number of nitrogens with zero attached hydrogens (tertiary/aromatic N) is 1. The number of hydrogen-bond acceptors (Lipinski definition) is 3. The Morgan fingerprint density at radius 2 is 2.13 bits per heavy atom. The van der Waals surface area contributed by atoms with Crippen LogP contribution in [0, 0.1) is 5.41 Å². The minimum atomic E-state index is -0.413. The molecular formula is C11H22N2O2. The van der Waals surface area contributed by atoms with Gasteiger partial charge in [0.15, 0.2) is 0 Å². The highest BCUT2D eigenvalue weighted by Gasteiger charge is 2.38. The number of β-amino-alcohol motifs (C(OH)–C–C–N with tert-alkyl or cyclic N) is 1. The quantitative estimate of drug-likeness (QED) is 0.709. The molecule has 1 rings (SSSR count). The molecule has 1 fully saturated rings. The number of carbonyl (C=O) groups excluding carboxylic acids is 1. The van der Waals surface area contributed by atoms with E-state index in [1.807, 2.05) is 13.8 Å².